The molecule has 22 heavy (non-hydrogen) atoms. The number of hydrogen-bond acceptors (Lipinski definition) is 3. The van der Waals surface area contributed by atoms with E-state index in [2.05, 4.69) is 22.2 Å². The van der Waals surface area contributed by atoms with Crippen LogP contribution in [0.25, 0.3) is 0 Å². The van der Waals surface area contributed by atoms with Crippen LogP contribution in [0.4, 0.5) is 11.4 Å². The van der Waals surface area contributed by atoms with Crippen molar-refractivity contribution in [3.63, 3.8) is 0 Å². The minimum atomic E-state index is 0.148. The molecule has 2 aliphatic rings. The molecule has 4 nitrogen and oxygen atoms in total. The Kier molecular flexibility index (Phi) is 4.89. The van der Waals surface area contributed by atoms with Crippen molar-refractivity contribution in [3.8, 4) is 0 Å². The second-order valence-electron chi connectivity index (χ2n) is 6.42. The molecule has 1 aromatic rings. The fourth-order valence-electron chi connectivity index (χ4n) is 3.35. The van der Waals surface area contributed by atoms with Crippen LogP contribution in [0.15, 0.2) is 18.2 Å². The number of anilines is 2. The van der Waals surface area contributed by atoms with Crippen molar-refractivity contribution in [2.45, 2.75) is 25.7 Å². The van der Waals surface area contributed by atoms with Gasteiger partial charge in [0, 0.05) is 37.1 Å². The summed E-state index contributed by atoms with van der Waals surface area (Å²) in [5.74, 6) is 0.314. The number of amides is 1. The van der Waals surface area contributed by atoms with E-state index < -0.39 is 0 Å². The van der Waals surface area contributed by atoms with Gasteiger partial charge in [0.25, 0.3) is 0 Å². The SMILES string of the molecule is CN1CCN(c2ccc(Cl)cc2NC(=O)C2CCCC2)CC1. The van der Waals surface area contributed by atoms with Crippen LogP contribution in [-0.4, -0.2) is 44.0 Å². The van der Waals surface area contributed by atoms with E-state index in [9.17, 15) is 4.79 Å². The van der Waals surface area contributed by atoms with Crippen LogP contribution in [-0.2, 0) is 4.79 Å². The molecular formula is C17H24ClN3O. The number of nitrogens with one attached hydrogen (secondary N) is 1. The van der Waals surface area contributed by atoms with Crippen LogP contribution in [0.3, 0.4) is 0 Å². The van der Waals surface area contributed by atoms with Crippen molar-refractivity contribution < 1.29 is 4.79 Å². The third-order valence-electron chi connectivity index (χ3n) is 4.79. The van der Waals surface area contributed by atoms with Crippen molar-refractivity contribution >= 4 is 28.9 Å². The second-order valence-corrected chi connectivity index (χ2v) is 6.86. The summed E-state index contributed by atoms with van der Waals surface area (Å²) in [7, 11) is 2.14. The first-order valence-electron chi connectivity index (χ1n) is 8.17. The van der Waals surface area contributed by atoms with E-state index in [1.165, 1.54) is 12.8 Å². The molecule has 1 saturated heterocycles. The fourth-order valence-corrected chi connectivity index (χ4v) is 3.53. The monoisotopic (exact) mass is 321 g/mol. The standard InChI is InChI=1S/C17H24ClN3O/c1-20-8-10-21(11-9-20)16-7-6-14(18)12-15(16)19-17(22)13-4-2-3-5-13/h6-7,12-13H,2-5,8-11H2,1H3,(H,19,22). The van der Waals surface area contributed by atoms with Gasteiger partial charge < -0.3 is 15.1 Å². The van der Waals surface area contributed by atoms with Gasteiger partial charge >= 0.3 is 0 Å². The maximum atomic E-state index is 12.4. The molecule has 2 fully saturated rings. The average molecular weight is 322 g/mol. The normalized spacial score (nSPS) is 20.4. The maximum Gasteiger partial charge on any atom is 0.227 e. The minimum Gasteiger partial charge on any atom is -0.367 e. The number of likely N-dealkylation sites (N-methyl/N-ethyl adjacent to an activating group) is 1. The Morgan fingerprint density at radius 1 is 1.18 bits per heavy atom. The number of piperazine rings is 1. The van der Waals surface area contributed by atoms with E-state index in [0.717, 1.165) is 50.4 Å². The van der Waals surface area contributed by atoms with E-state index in [4.69, 9.17) is 11.6 Å². The van der Waals surface area contributed by atoms with Crippen LogP contribution in [0.5, 0.6) is 0 Å². The number of benzene rings is 1. The van der Waals surface area contributed by atoms with Crippen molar-refractivity contribution in [2.24, 2.45) is 5.92 Å². The molecule has 1 N–H and O–H groups in total. The van der Waals surface area contributed by atoms with Crippen LogP contribution in [0.1, 0.15) is 25.7 Å². The summed E-state index contributed by atoms with van der Waals surface area (Å²) in [6.45, 7) is 4.03. The zero-order valence-corrected chi connectivity index (χ0v) is 13.9. The summed E-state index contributed by atoms with van der Waals surface area (Å²) in [6, 6.07) is 5.81. The summed E-state index contributed by atoms with van der Waals surface area (Å²) in [5.41, 5.74) is 1.94. The lowest BCUT2D eigenvalue weighted by atomic mass is 10.1. The first-order chi connectivity index (χ1) is 10.6. The van der Waals surface area contributed by atoms with Gasteiger partial charge in [0.2, 0.25) is 5.91 Å². The number of carbonyl (C=O) groups is 1. The third-order valence-corrected chi connectivity index (χ3v) is 5.02. The van der Waals surface area contributed by atoms with Gasteiger partial charge in [-0.2, -0.15) is 0 Å². The van der Waals surface area contributed by atoms with Gasteiger partial charge in [0.05, 0.1) is 11.4 Å². The molecular weight excluding hydrogens is 298 g/mol. The lowest BCUT2D eigenvalue weighted by Crippen LogP contribution is -2.44. The summed E-state index contributed by atoms with van der Waals surface area (Å²) in [5, 5.41) is 3.79. The number of carbonyl (C=O) groups excluding carboxylic acids is 1. The smallest absolute Gasteiger partial charge is 0.227 e. The van der Waals surface area contributed by atoms with Crippen molar-refractivity contribution in [1.29, 1.82) is 0 Å². The summed E-state index contributed by atoms with van der Waals surface area (Å²) in [6.07, 6.45) is 4.35. The van der Waals surface area contributed by atoms with E-state index in [1.807, 2.05) is 18.2 Å². The van der Waals surface area contributed by atoms with Gasteiger partial charge in [0.15, 0.2) is 0 Å². The fraction of sp³-hybridized carbons (Fsp3) is 0.588. The van der Waals surface area contributed by atoms with Crippen molar-refractivity contribution in [3.05, 3.63) is 23.2 Å². The highest BCUT2D eigenvalue weighted by Gasteiger charge is 2.24. The van der Waals surface area contributed by atoms with Crippen LogP contribution < -0.4 is 10.2 Å². The van der Waals surface area contributed by atoms with E-state index >= 15 is 0 Å². The molecule has 1 amide bonds. The Morgan fingerprint density at radius 3 is 2.55 bits per heavy atom. The Hall–Kier alpha value is -1.26. The first-order valence-corrected chi connectivity index (χ1v) is 8.55. The van der Waals surface area contributed by atoms with E-state index in [-0.39, 0.29) is 11.8 Å². The summed E-state index contributed by atoms with van der Waals surface area (Å²) in [4.78, 5) is 17.1. The number of rotatable bonds is 3. The number of halogens is 1. The molecule has 120 valence electrons. The Bertz CT molecular complexity index is 535. The summed E-state index contributed by atoms with van der Waals surface area (Å²) < 4.78 is 0. The van der Waals surface area contributed by atoms with Crippen LogP contribution in [0, 0.1) is 5.92 Å². The largest absolute Gasteiger partial charge is 0.367 e. The van der Waals surface area contributed by atoms with Gasteiger partial charge in [-0.3, -0.25) is 4.79 Å². The second kappa shape index (κ2) is 6.88. The topological polar surface area (TPSA) is 35.6 Å². The van der Waals surface area contributed by atoms with Crippen molar-refractivity contribution in [2.75, 3.05) is 43.4 Å². The minimum absolute atomic E-state index is 0.148. The molecule has 3 rings (SSSR count). The molecule has 1 aromatic carbocycles. The molecule has 0 spiro atoms. The highest BCUT2D eigenvalue weighted by atomic mass is 35.5. The molecule has 5 heteroatoms. The Morgan fingerprint density at radius 2 is 1.86 bits per heavy atom. The molecule has 1 aliphatic heterocycles. The van der Waals surface area contributed by atoms with Gasteiger partial charge in [-0.25, -0.2) is 0 Å². The molecule has 0 radical (unpaired) electrons. The zero-order valence-electron chi connectivity index (χ0n) is 13.1. The molecule has 0 unspecified atom stereocenters. The Balaban J connectivity index is 1.77. The van der Waals surface area contributed by atoms with Gasteiger partial charge in [-0.05, 0) is 38.1 Å². The van der Waals surface area contributed by atoms with Gasteiger partial charge in [-0.15, -0.1) is 0 Å². The van der Waals surface area contributed by atoms with Crippen LogP contribution >= 0.6 is 11.6 Å². The average Bonchev–Trinajstić information content (AvgIpc) is 3.03. The Labute approximate surface area is 137 Å². The highest BCUT2D eigenvalue weighted by Crippen LogP contribution is 2.32. The van der Waals surface area contributed by atoms with Gasteiger partial charge in [0.1, 0.15) is 0 Å². The van der Waals surface area contributed by atoms with E-state index in [1.54, 1.807) is 0 Å². The molecule has 1 heterocycles. The lowest BCUT2D eigenvalue weighted by molar-refractivity contribution is -0.119. The highest BCUT2D eigenvalue weighted by molar-refractivity contribution is 6.31. The quantitative estimate of drug-likeness (QED) is 0.928. The van der Waals surface area contributed by atoms with Crippen LogP contribution in [0.2, 0.25) is 5.02 Å². The summed E-state index contributed by atoms with van der Waals surface area (Å²) >= 11 is 6.14. The zero-order chi connectivity index (χ0) is 15.5. The molecule has 0 aromatic heterocycles. The number of nitrogens with zero attached hydrogens (tertiary/aromatic N) is 2. The third kappa shape index (κ3) is 3.55. The lowest BCUT2D eigenvalue weighted by Gasteiger charge is -2.35. The van der Waals surface area contributed by atoms with Gasteiger partial charge in [-0.1, -0.05) is 24.4 Å². The molecule has 0 atom stereocenters. The predicted octanol–water partition coefficient (Wildman–Crippen LogP) is 3.22. The first kappa shape index (κ1) is 15.6. The van der Waals surface area contributed by atoms with Crippen molar-refractivity contribution in [1.82, 2.24) is 4.90 Å². The molecule has 0 bridgehead atoms. The van der Waals surface area contributed by atoms with E-state index in [0.29, 0.717) is 5.02 Å². The molecule has 1 saturated carbocycles. The predicted molar refractivity (Wildman–Crippen MR) is 91.7 cm³/mol. The molecule has 1 aliphatic carbocycles. The number of hydrogen-bond donors (Lipinski definition) is 1. The maximum absolute atomic E-state index is 12.4.